The zero-order valence-electron chi connectivity index (χ0n) is 11.1. The molecule has 0 saturated heterocycles. The van der Waals surface area contributed by atoms with E-state index in [1.165, 1.54) is 18.2 Å². The van der Waals surface area contributed by atoms with Gasteiger partial charge in [-0.05, 0) is 41.5 Å². The predicted molar refractivity (Wildman–Crippen MR) is 76.4 cm³/mol. The van der Waals surface area contributed by atoms with Gasteiger partial charge in [0, 0.05) is 0 Å². The minimum Gasteiger partial charge on any atom is -0.489 e. The van der Waals surface area contributed by atoms with Crippen LogP contribution in [0.4, 0.5) is 4.39 Å². The molecule has 0 radical (unpaired) electrons. The lowest BCUT2D eigenvalue weighted by Gasteiger charge is -2.07. The zero-order chi connectivity index (χ0) is 15.1. The van der Waals surface area contributed by atoms with Crippen molar-refractivity contribution in [2.24, 2.45) is 0 Å². The van der Waals surface area contributed by atoms with E-state index in [-0.39, 0.29) is 18.0 Å². The van der Waals surface area contributed by atoms with E-state index >= 15 is 0 Å². The van der Waals surface area contributed by atoms with Crippen molar-refractivity contribution in [1.29, 1.82) is 10.5 Å². The molecule has 0 fully saturated rings. The highest BCUT2D eigenvalue weighted by atomic mass is 19.1. The summed E-state index contributed by atoms with van der Waals surface area (Å²) in [6.07, 6.45) is 1.48. The van der Waals surface area contributed by atoms with Gasteiger partial charge in [-0.1, -0.05) is 24.3 Å². The molecule has 0 N–H and O–H groups in total. The second kappa shape index (κ2) is 6.88. The third kappa shape index (κ3) is 4.19. The van der Waals surface area contributed by atoms with E-state index in [1.807, 2.05) is 0 Å². The van der Waals surface area contributed by atoms with Crippen LogP contribution in [0.25, 0.3) is 6.08 Å². The highest BCUT2D eigenvalue weighted by Crippen LogP contribution is 2.17. The first-order valence-electron chi connectivity index (χ1n) is 6.20. The second-order valence-corrected chi connectivity index (χ2v) is 4.27. The first-order chi connectivity index (χ1) is 10.2. The minimum absolute atomic E-state index is 0.0253. The maximum Gasteiger partial charge on any atom is 0.130 e. The molecule has 0 bridgehead atoms. The Labute approximate surface area is 122 Å². The Balaban J connectivity index is 2.10. The highest BCUT2D eigenvalue weighted by molar-refractivity contribution is 5.62. The standard InChI is InChI=1S/C17H11FN2O/c18-16-5-1-4-14(8-16)12-21-17-6-2-3-13(9-17)7-15(10-19)11-20/h1-9H,12H2. The van der Waals surface area contributed by atoms with Crippen molar-refractivity contribution in [3.63, 3.8) is 0 Å². The number of allylic oxidation sites excluding steroid dienone is 1. The van der Waals surface area contributed by atoms with Gasteiger partial charge in [-0.3, -0.25) is 0 Å². The number of hydrogen-bond donors (Lipinski definition) is 0. The summed E-state index contributed by atoms with van der Waals surface area (Å²) in [4.78, 5) is 0. The molecule has 4 heteroatoms. The number of hydrogen-bond acceptors (Lipinski definition) is 3. The number of nitrogens with zero attached hydrogens (tertiary/aromatic N) is 2. The van der Waals surface area contributed by atoms with Crippen molar-refractivity contribution in [3.05, 3.63) is 71.0 Å². The lowest BCUT2D eigenvalue weighted by atomic mass is 10.1. The molecule has 0 aliphatic heterocycles. The third-order valence-corrected chi connectivity index (χ3v) is 2.70. The maximum absolute atomic E-state index is 13.1. The van der Waals surface area contributed by atoms with E-state index in [0.29, 0.717) is 11.3 Å². The zero-order valence-corrected chi connectivity index (χ0v) is 11.1. The number of rotatable bonds is 4. The Morgan fingerprint density at radius 1 is 1.10 bits per heavy atom. The van der Waals surface area contributed by atoms with Crippen LogP contribution < -0.4 is 4.74 Å². The van der Waals surface area contributed by atoms with Crippen molar-refractivity contribution in [2.45, 2.75) is 6.61 Å². The Morgan fingerprint density at radius 3 is 2.57 bits per heavy atom. The van der Waals surface area contributed by atoms with Gasteiger partial charge in [-0.2, -0.15) is 10.5 Å². The summed E-state index contributed by atoms with van der Waals surface area (Å²) < 4.78 is 18.6. The fourth-order valence-electron chi connectivity index (χ4n) is 1.74. The van der Waals surface area contributed by atoms with Gasteiger partial charge >= 0.3 is 0 Å². The van der Waals surface area contributed by atoms with Crippen LogP contribution in [-0.4, -0.2) is 0 Å². The van der Waals surface area contributed by atoms with Crippen molar-refractivity contribution in [1.82, 2.24) is 0 Å². The number of ether oxygens (including phenoxy) is 1. The van der Waals surface area contributed by atoms with Gasteiger partial charge in [-0.25, -0.2) is 4.39 Å². The van der Waals surface area contributed by atoms with Gasteiger partial charge in [-0.15, -0.1) is 0 Å². The monoisotopic (exact) mass is 278 g/mol. The smallest absolute Gasteiger partial charge is 0.130 e. The van der Waals surface area contributed by atoms with Gasteiger partial charge in [0.05, 0.1) is 0 Å². The van der Waals surface area contributed by atoms with Gasteiger partial charge in [0.25, 0.3) is 0 Å². The Bertz CT molecular complexity index is 738. The van der Waals surface area contributed by atoms with Crippen LogP contribution in [0.1, 0.15) is 11.1 Å². The summed E-state index contributed by atoms with van der Waals surface area (Å²) >= 11 is 0. The molecule has 2 rings (SSSR count). The number of nitriles is 2. The van der Waals surface area contributed by atoms with Crippen LogP contribution in [0.5, 0.6) is 5.75 Å². The summed E-state index contributed by atoms with van der Waals surface area (Å²) in [5, 5.41) is 17.5. The normalized spacial score (nSPS) is 9.29. The molecule has 102 valence electrons. The van der Waals surface area contributed by atoms with E-state index in [0.717, 1.165) is 5.56 Å². The lowest BCUT2D eigenvalue weighted by molar-refractivity contribution is 0.305. The van der Waals surface area contributed by atoms with E-state index < -0.39 is 0 Å². The molecular formula is C17H11FN2O. The SMILES string of the molecule is N#CC(C#N)=Cc1cccc(OCc2cccc(F)c2)c1. The fraction of sp³-hybridized carbons (Fsp3) is 0.0588. The van der Waals surface area contributed by atoms with Gasteiger partial charge < -0.3 is 4.74 Å². The van der Waals surface area contributed by atoms with E-state index in [1.54, 1.807) is 48.5 Å². The van der Waals surface area contributed by atoms with Gasteiger partial charge in [0.1, 0.15) is 35.9 Å². The topological polar surface area (TPSA) is 56.8 Å². The molecule has 0 saturated carbocycles. The van der Waals surface area contributed by atoms with E-state index in [2.05, 4.69) is 0 Å². The summed E-state index contributed by atoms with van der Waals surface area (Å²) in [6, 6.07) is 16.8. The molecule has 0 spiro atoms. The second-order valence-electron chi connectivity index (χ2n) is 4.27. The molecule has 0 aromatic heterocycles. The summed E-state index contributed by atoms with van der Waals surface area (Å²) in [5.41, 5.74) is 1.45. The van der Waals surface area contributed by atoms with Crippen molar-refractivity contribution < 1.29 is 9.13 Å². The molecule has 0 heterocycles. The van der Waals surface area contributed by atoms with Crippen LogP contribution >= 0.6 is 0 Å². The first-order valence-corrected chi connectivity index (χ1v) is 6.20. The third-order valence-electron chi connectivity index (χ3n) is 2.70. The number of halogens is 1. The van der Waals surface area contributed by atoms with Gasteiger partial charge in [0.15, 0.2) is 0 Å². The minimum atomic E-state index is -0.305. The Hall–Kier alpha value is -3.11. The van der Waals surface area contributed by atoms with Crippen molar-refractivity contribution in [2.75, 3.05) is 0 Å². The van der Waals surface area contributed by atoms with Gasteiger partial charge in [0.2, 0.25) is 0 Å². The van der Waals surface area contributed by atoms with E-state index in [4.69, 9.17) is 15.3 Å². The average Bonchev–Trinajstić information content (AvgIpc) is 2.51. The van der Waals surface area contributed by atoms with Crippen molar-refractivity contribution >= 4 is 6.08 Å². The molecule has 0 atom stereocenters. The van der Waals surface area contributed by atoms with Crippen LogP contribution in [-0.2, 0) is 6.61 Å². The largest absolute Gasteiger partial charge is 0.489 e. The van der Waals surface area contributed by atoms with Crippen LogP contribution in [0.2, 0.25) is 0 Å². The Morgan fingerprint density at radius 2 is 1.86 bits per heavy atom. The molecule has 0 unspecified atom stereocenters. The molecule has 0 amide bonds. The molecule has 0 aliphatic rings. The quantitative estimate of drug-likeness (QED) is 0.798. The fourth-order valence-corrected chi connectivity index (χ4v) is 1.74. The Kier molecular flexibility index (Phi) is 4.69. The molecule has 21 heavy (non-hydrogen) atoms. The molecule has 0 aliphatic carbocycles. The maximum atomic E-state index is 13.1. The summed E-state index contributed by atoms with van der Waals surface area (Å²) in [7, 11) is 0. The molecule has 2 aromatic rings. The molecule has 2 aromatic carbocycles. The summed E-state index contributed by atoms with van der Waals surface area (Å²) in [5.74, 6) is 0.281. The molecular weight excluding hydrogens is 267 g/mol. The van der Waals surface area contributed by atoms with Crippen molar-refractivity contribution in [3.8, 4) is 17.9 Å². The summed E-state index contributed by atoms with van der Waals surface area (Å²) in [6.45, 7) is 0.244. The van der Waals surface area contributed by atoms with E-state index in [9.17, 15) is 4.39 Å². The molecule has 3 nitrogen and oxygen atoms in total. The van der Waals surface area contributed by atoms with Crippen LogP contribution in [0.3, 0.4) is 0 Å². The number of benzene rings is 2. The average molecular weight is 278 g/mol. The first kappa shape index (κ1) is 14.3. The predicted octanol–water partition coefficient (Wildman–Crippen LogP) is 3.84. The lowest BCUT2D eigenvalue weighted by Crippen LogP contribution is -1.96. The van der Waals surface area contributed by atoms with Crippen LogP contribution in [0, 0.1) is 28.5 Å². The van der Waals surface area contributed by atoms with Crippen LogP contribution in [0.15, 0.2) is 54.1 Å². The highest BCUT2D eigenvalue weighted by Gasteiger charge is 2.00.